The van der Waals surface area contributed by atoms with Gasteiger partial charge in [0, 0.05) is 22.3 Å². The second kappa shape index (κ2) is 6.83. The van der Waals surface area contributed by atoms with Gasteiger partial charge in [0.25, 0.3) is 0 Å². The maximum atomic E-state index is 12.0. The van der Waals surface area contributed by atoms with Gasteiger partial charge in [0.1, 0.15) is 5.01 Å². The van der Waals surface area contributed by atoms with Crippen molar-refractivity contribution in [1.82, 2.24) is 4.98 Å². The van der Waals surface area contributed by atoms with Crippen LogP contribution in [0.3, 0.4) is 0 Å². The number of nitrogens with two attached hydrogens (primary N) is 1. The van der Waals surface area contributed by atoms with Crippen molar-refractivity contribution in [3.8, 4) is 10.6 Å². The predicted octanol–water partition coefficient (Wildman–Crippen LogP) is 3.43. The van der Waals surface area contributed by atoms with Crippen molar-refractivity contribution >= 4 is 22.9 Å². The van der Waals surface area contributed by atoms with Crippen LogP contribution in [0.2, 0.25) is 0 Å². The fraction of sp³-hybridized carbons (Fsp3) is 0.375. The van der Waals surface area contributed by atoms with Crippen LogP contribution in [0.15, 0.2) is 29.6 Å². The molecule has 1 amide bonds. The van der Waals surface area contributed by atoms with Crippen LogP contribution in [0.25, 0.3) is 10.6 Å². The summed E-state index contributed by atoms with van der Waals surface area (Å²) in [5.41, 5.74) is 8.76. The number of thiazole rings is 1. The summed E-state index contributed by atoms with van der Waals surface area (Å²) in [5, 5.41) is 5.87. The Morgan fingerprint density at radius 3 is 2.57 bits per heavy atom. The summed E-state index contributed by atoms with van der Waals surface area (Å²) in [5.74, 6) is 0.0322. The zero-order chi connectivity index (χ0) is 15.4. The third-order valence-electron chi connectivity index (χ3n) is 3.58. The summed E-state index contributed by atoms with van der Waals surface area (Å²) in [6.07, 6.45) is 0.886. The molecule has 4 nitrogen and oxygen atoms in total. The number of rotatable bonds is 5. The van der Waals surface area contributed by atoms with Crippen molar-refractivity contribution in [2.24, 2.45) is 11.7 Å². The molecular weight excluding hydrogens is 282 g/mol. The lowest BCUT2D eigenvalue weighted by Gasteiger charge is -2.17. The minimum absolute atomic E-state index is 0.137. The molecule has 0 radical (unpaired) electrons. The molecule has 3 N–H and O–H groups in total. The normalized spacial score (nSPS) is 13.7. The average Bonchev–Trinajstić information content (AvgIpc) is 2.93. The van der Waals surface area contributed by atoms with Crippen LogP contribution in [0.5, 0.6) is 0 Å². The van der Waals surface area contributed by atoms with E-state index in [1.165, 1.54) is 0 Å². The molecule has 112 valence electrons. The lowest BCUT2D eigenvalue weighted by atomic mass is 9.99. The van der Waals surface area contributed by atoms with E-state index in [0.717, 1.165) is 28.4 Å². The van der Waals surface area contributed by atoms with Gasteiger partial charge in [-0.25, -0.2) is 4.98 Å². The first-order valence-corrected chi connectivity index (χ1v) is 7.98. The highest BCUT2D eigenvalue weighted by Crippen LogP contribution is 2.24. The Balaban J connectivity index is 2.04. The number of nitrogens with zero attached hydrogens (tertiary/aromatic N) is 1. The van der Waals surface area contributed by atoms with Crippen LogP contribution >= 0.6 is 11.3 Å². The predicted molar refractivity (Wildman–Crippen MR) is 88.3 cm³/mol. The number of aromatic nitrogens is 1. The molecule has 0 aliphatic carbocycles. The molecule has 2 aromatic rings. The van der Waals surface area contributed by atoms with E-state index < -0.39 is 6.04 Å². The van der Waals surface area contributed by atoms with Gasteiger partial charge in [0.2, 0.25) is 5.91 Å². The van der Waals surface area contributed by atoms with Crippen LogP contribution in [0.1, 0.15) is 26.0 Å². The number of hydrogen-bond donors (Lipinski definition) is 2. The van der Waals surface area contributed by atoms with Gasteiger partial charge in [-0.3, -0.25) is 4.79 Å². The van der Waals surface area contributed by atoms with Crippen LogP contribution in [0.4, 0.5) is 5.69 Å². The number of carbonyl (C=O) groups excluding carboxylic acids is 1. The smallest absolute Gasteiger partial charge is 0.241 e. The van der Waals surface area contributed by atoms with Crippen molar-refractivity contribution in [3.63, 3.8) is 0 Å². The quantitative estimate of drug-likeness (QED) is 0.889. The largest absolute Gasteiger partial charge is 0.325 e. The zero-order valence-electron chi connectivity index (χ0n) is 12.6. The molecule has 1 aromatic heterocycles. The van der Waals surface area contributed by atoms with Gasteiger partial charge in [0.05, 0.1) is 6.04 Å². The molecule has 2 unspecified atom stereocenters. The Kier molecular flexibility index (Phi) is 5.09. The van der Waals surface area contributed by atoms with Gasteiger partial charge in [-0.05, 0) is 37.1 Å². The van der Waals surface area contributed by atoms with E-state index in [2.05, 4.69) is 10.3 Å². The molecule has 2 atom stereocenters. The zero-order valence-corrected chi connectivity index (χ0v) is 13.4. The second-order valence-electron chi connectivity index (χ2n) is 5.27. The molecule has 5 heteroatoms. The van der Waals surface area contributed by atoms with Gasteiger partial charge in [-0.1, -0.05) is 20.3 Å². The fourth-order valence-electron chi connectivity index (χ4n) is 1.92. The molecule has 0 fully saturated rings. The summed E-state index contributed by atoms with van der Waals surface area (Å²) >= 11 is 1.62. The highest BCUT2D eigenvalue weighted by atomic mass is 32.1. The molecule has 0 saturated carbocycles. The molecule has 21 heavy (non-hydrogen) atoms. The highest BCUT2D eigenvalue weighted by Gasteiger charge is 2.19. The van der Waals surface area contributed by atoms with Crippen LogP contribution in [0, 0.1) is 12.8 Å². The molecule has 1 heterocycles. The first-order valence-electron chi connectivity index (χ1n) is 7.10. The number of benzene rings is 1. The maximum Gasteiger partial charge on any atom is 0.241 e. The molecule has 0 bridgehead atoms. The van der Waals surface area contributed by atoms with Crippen LogP contribution in [-0.2, 0) is 4.79 Å². The molecule has 0 spiro atoms. The number of hydrogen-bond acceptors (Lipinski definition) is 4. The second-order valence-corrected chi connectivity index (χ2v) is 6.13. The molecule has 0 saturated heterocycles. The molecule has 0 aliphatic heterocycles. The first-order chi connectivity index (χ1) is 10.0. The molecule has 1 aromatic carbocycles. The van der Waals surface area contributed by atoms with E-state index in [4.69, 9.17) is 5.73 Å². The Morgan fingerprint density at radius 1 is 1.38 bits per heavy atom. The lowest BCUT2D eigenvalue weighted by Crippen LogP contribution is -2.40. The van der Waals surface area contributed by atoms with E-state index in [1.54, 1.807) is 11.3 Å². The molecule has 0 aliphatic rings. The standard InChI is InChI=1S/C16H21N3OS/c1-4-10(2)14(17)15(20)19-13-7-5-12(6-8-13)16-18-11(3)9-21-16/h5-10,14H,4,17H2,1-3H3,(H,19,20). The van der Waals surface area contributed by atoms with E-state index in [0.29, 0.717) is 0 Å². The summed E-state index contributed by atoms with van der Waals surface area (Å²) in [6, 6.07) is 7.21. The van der Waals surface area contributed by atoms with Crippen LogP contribution in [-0.4, -0.2) is 16.9 Å². The third-order valence-corrected chi connectivity index (χ3v) is 4.59. The number of nitrogens with one attached hydrogen (secondary N) is 1. The van der Waals surface area contributed by atoms with Crippen molar-refractivity contribution in [2.75, 3.05) is 5.32 Å². The molecular formula is C16H21N3OS. The Bertz CT molecular complexity index is 606. The monoisotopic (exact) mass is 303 g/mol. The number of carbonyl (C=O) groups is 1. The summed E-state index contributed by atoms with van der Waals surface area (Å²) in [6.45, 7) is 5.99. The van der Waals surface area contributed by atoms with Gasteiger partial charge >= 0.3 is 0 Å². The topological polar surface area (TPSA) is 68.0 Å². The summed E-state index contributed by atoms with van der Waals surface area (Å²) in [7, 11) is 0. The number of amides is 1. The van der Waals surface area contributed by atoms with Gasteiger partial charge in [-0.2, -0.15) is 0 Å². The average molecular weight is 303 g/mol. The minimum atomic E-state index is -0.476. The van der Waals surface area contributed by atoms with Crippen molar-refractivity contribution in [3.05, 3.63) is 35.3 Å². The van der Waals surface area contributed by atoms with E-state index in [1.807, 2.05) is 50.4 Å². The van der Waals surface area contributed by atoms with E-state index in [9.17, 15) is 4.79 Å². The minimum Gasteiger partial charge on any atom is -0.325 e. The van der Waals surface area contributed by atoms with Crippen LogP contribution < -0.4 is 11.1 Å². The van der Waals surface area contributed by atoms with E-state index >= 15 is 0 Å². The summed E-state index contributed by atoms with van der Waals surface area (Å²) in [4.78, 5) is 16.5. The SMILES string of the molecule is CCC(C)C(N)C(=O)Nc1ccc(-c2nc(C)cs2)cc1. The Hall–Kier alpha value is -1.72. The van der Waals surface area contributed by atoms with Gasteiger partial charge in [0.15, 0.2) is 0 Å². The van der Waals surface area contributed by atoms with Crippen molar-refractivity contribution < 1.29 is 4.79 Å². The number of aryl methyl sites for hydroxylation is 1. The number of anilines is 1. The van der Waals surface area contributed by atoms with Gasteiger partial charge in [-0.15, -0.1) is 11.3 Å². The maximum absolute atomic E-state index is 12.0. The van der Waals surface area contributed by atoms with Crippen molar-refractivity contribution in [2.45, 2.75) is 33.2 Å². The lowest BCUT2D eigenvalue weighted by molar-refractivity contribution is -0.118. The Labute approximate surface area is 129 Å². The van der Waals surface area contributed by atoms with Crippen molar-refractivity contribution in [1.29, 1.82) is 0 Å². The van der Waals surface area contributed by atoms with Gasteiger partial charge < -0.3 is 11.1 Å². The first kappa shape index (κ1) is 15.7. The van der Waals surface area contributed by atoms with E-state index in [-0.39, 0.29) is 11.8 Å². The fourth-order valence-corrected chi connectivity index (χ4v) is 2.72. The summed E-state index contributed by atoms with van der Waals surface area (Å²) < 4.78 is 0. The third kappa shape index (κ3) is 3.89. The highest BCUT2D eigenvalue weighted by molar-refractivity contribution is 7.13. The molecule has 2 rings (SSSR count). The Morgan fingerprint density at radius 2 is 2.05 bits per heavy atom.